The van der Waals surface area contributed by atoms with Gasteiger partial charge in [-0.25, -0.2) is 15.1 Å². The van der Waals surface area contributed by atoms with Crippen LogP contribution in [0.25, 0.3) is 17.1 Å². The molecule has 0 bridgehead atoms. The van der Waals surface area contributed by atoms with Crippen molar-refractivity contribution in [2.75, 3.05) is 7.11 Å². The molecule has 0 radical (unpaired) electrons. The molecule has 0 spiro atoms. The van der Waals surface area contributed by atoms with Crippen molar-refractivity contribution >= 4 is 17.6 Å². The largest absolute Gasteiger partial charge is 0.341 e. The third-order valence-corrected chi connectivity index (χ3v) is 5.23. The number of rotatable bonds is 9. The number of pyridine rings is 1. The van der Waals surface area contributed by atoms with Crippen LogP contribution in [-0.4, -0.2) is 45.5 Å². The Balaban J connectivity index is 1.61. The van der Waals surface area contributed by atoms with Crippen LogP contribution >= 0.6 is 0 Å². The summed E-state index contributed by atoms with van der Waals surface area (Å²) in [5.74, 6) is -2.07. The maximum atomic E-state index is 13.3. The van der Waals surface area contributed by atoms with Crippen molar-refractivity contribution in [3.8, 4) is 17.1 Å². The number of hydrogen-bond donors (Lipinski definition) is 2. The average Bonchev–Trinajstić information content (AvgIpc) is 3.39. The summed E-state index contributed by atoms with van der Waals surface area (Å²) in [6.07, 6.45) is 3.38. The average molecular weight is 470 g/mol. The third kappa shape index (κ3) is 5.66. The summed E-state index contributed by atoms with van der Waals surface area (Å²) >= 11 is 0. The van der Waals surface area contributed by atoms with E-state index in [-0.39, 0.29) is 12.0 Å². The van der Waals surface area contributed by atoms with Crippen LogP contribution in [-0.2, 0) is 20.8 Å². The lowest BCUT2D eigenvalue weighted by Gasteiger charge is -2.18. The minimum absolute atomic E-state index is 0.123. The molecular weight excluding hydrogens is 446 g/mol. The summed E-state index contributed by atoms with van der Waals surface area (Å²) in [7, 11) is 1.23. The second kappa shape index (κ2) is 11.0. The van der Waals surface area contributed by atoms with Gasteiger partial charge in [0, 0.05) is 24.4 Å². The zero-order valence-corrected chi connectivity index (χ0v) is 18.9. The highest BCUT2D eigenvalue weighted by Crippen LogP contribution is 2.19. The number of nitrogens with zero attached hydrogens (tertiary/aromatic N) is 3. The maximum Gasteiger partial charge on any atom is 0.313 e. The van der Waals surface area contributed by atoms with Crippen molar-refractivity contribution in [3.05, 3.63) is 102 Å². The highest BCUT2D eigenvalue weighted by molar-refractivity contribution is 6.38. The Hall–Kier alpha value is -4.63. The van der Waals surface area contributed by atoms with Gasteiger partial charge >= 0.3 is 5.91 Å². The second-order valence-corrected chi connectivity index (χ2v) is 7.60. The van der Waals surface area contributed by atoms with Crippen LogP contribution < -0.4 is 10.8 Å². The third-order valence-electron chi connectivity index (χ3n) is 5.23. The zero-order chi connectivity index (χ0) is 24.6. The summed E-state index contributed by atoms with van der Waals surface area (Å²) < 4.78 is 1.50. The van der Waals surface area contributed by atoms with E-state index in [1.807, 2.05) is 72.2 Å². The SMILES string of the molecule is CONC(=O)C(=O)[C@@H](Cc1ccccc1)NC(=O)c1cccnc1-n1ccc(-c2ccccc2)n1. The summed E-state index contributed by atoms with van der Waals surface area (Å²) in [6.45, 7) is 0. The van der Waals surface area contributed by atoms with Crippen molar-refractivity contribution in [2.24, 2.45) is 0 Å². The van der Waals surface area contributed by atoms with Gasteiger partial charge in [0.05, 0.1) is 18.4 Å². The fourth-order valence-corrected chi connectivity index (χ4v) is 3.56. The van der Waals surface area contributed by atoms with Crippen LogP contribution in [0.3, 0.4) is 0 Å². The van der Waals surface area contributed by atoms with E-state index in [4.69, 9.17) is 0 Å². The number of hydroxylamine groups is 1. The molecule has 4 rings (SSSR count). The molecule has 9 nitrogen and oxygen atoms in total. The van der Waals surface area contributed by atoms with Crippen LogP contribution in [0.4, 0.5) is 0 Å². The number of carbonyl (C=O) groups is 3. The molecule has 0 unspecified atom stereocenters. The van der Waals surface area contributed by atoms with Gasteiger partial charge < -0.3 is 5.32 Å². The van der Waals surface area contributed by atoms with E-state index in [1.54, 1.807) is 24.5 Å². The van der Waals surface area contributed by atoms with E-state index in [9.17, 15) is 14.4 Å². The molecule has 2 aromatic carbocycles. The summed E-state index contributed by atoms with van der Waals surface area (Å²) in [5, 5.41) is 7.24. The lowest BCUT2D eigenvalue weighted by atomic mass is 10.0. The number of aromatic nitrogens is 3. The number of nitrogens with one attached hydrogen (secondary N) is 2. The van der Waals surface area contributed by atoms with Gasteiger partial charge in [-0.1, -0.05) is 60.7 Å². The van der Waals surface area contributed by atoms with Gasteiger partial charge in [0.1, 0.15) is 6.04 Å². The van der Waals surface area contributed by atoms with Gasteiger partial charge in [-0.2, -0.15) is 5.10 Å². The van der Waals surface area contributed by atoms with E-state index in [0.29, 0.717) is 5.82 Å². The molecule has 176 valence electrons. The minimum atomic E-state index is -1.12. The van der Waals surface area contributed by atoms with E-state index in [0.717, 1.165) is 16.8 Å². The molecule has 2 heterocycles. The van der Waals surface area contributed by atoms with Gasteiger partial charge in [0.15, 0.2) is 5.82 Å². The van der Waals surface area contributed by atoms with Crippen LogP contribution in [0, 0.1) is 0 Å². The Bertz CT molecular complexity index is 1320. The molecule has 9 heteroatoms. The molecular formula is C26H23N5O4. The first kappa shape index (κ1) is 23.5. The number of Topliss-reactive ketones (excluding diaryl/α,β-unsaturated/α-hetero) is 1. The Labute approximate surface area is 201 Å². The molecule has 4 aromatic rings. The highest BCUT2D eigenvalue weighted by atomic mass is 16.6. The second-order valence-electron chi connectivity index (χ2n) is 7.60. The van der Waals surface area contributed by atoms with Crippen LogP contribution in [0.5, 0.6) is 0 Å². The molecule has 2 amide bonds. The van der Waals surface area contributed by atoms with Gasteiger partial charge in [-0.15, -0.1) is 0 Å². The van der Waals surface area contributed by atoms with Crippen molar-refractivity contribution in [3.63, 3.8) is 0 Å². The van der Waals surface area contributed by atoms with Crippen molar-refractivity contribution in [2.45, 2.75) is 12.5 Å². The molecule has 0 saturated carbocycles. The lowest BCUT2D eigenvalue weighted by Crippen LogP contribution is -2.48. The molecule has 35 heavy (non-hydrogen) atoms. The predicted octanol–water partition coefficient (Wildman–Crippen LogP) is 2.52. The number of hydrogen-bond acceptors (Lipinski definition) is 6. The first-order chi connectivity index (χ1) is 17.1. The van der Waals surface area contributed by atoms with E-state index in [2.05, 4.69) is 20.2 Å². The molecule has 0 aliphatic rings. The lowest BCUT2D eigenvalue weighted by molar-refractivity contribution is -0.145. The molecule has 0 saturated heterocycles. The van der Waals surface area contributed by atoms with E-state index < -0.39 is 23.6 Å². The molecule has 0 fully saturated rings. The topological polar surface area (TPSA) is 115 Å². The number of carbonyl (C=O) groups excluding carboxylic acids is 3. The first-order valence-corrected chi connectivity index (χ1v) is 10.8. The predicted molar refractivity (Wildman–Crippen MR) is 128 cm³/mol. The van der Waals surface area contributed by atoms with Gasteiger partial charge in [0.2, 0.25) is 5.78 Å². The van der Waals surface area contributed by atoms with Crippen LogP contribution in [0.15, 0.2) is 91.3 Å². The number of amides is 2. The smallest absolute Gasteiger partial charge is 0.313 e. The van der Waals surface area contributed by atoms with Crippen LogP contribution in [0.1, 0.15) is 15.9 Å². The van der Waals surface area contributed by atoms with Crippen molar-refractivity contribution in [1.29, 1.82) is 0 Å². The Morgan fingerprint density at radius 2 is 1.66 bits per heavy atom. The molecule has 0 aliphatic heterocycles. The standard InChI is InChI=1S/C26H23N5O4/c1-35-30-26(34)23(32)22(17-18-9-4-2-5-10-18)28-25(33)20-13-8-15-27-24(20)31-16-14-21(29-31)19-11-6-3-7-12-19/h2-16,22H,17H2,1H3,(H,28,33)(H,30,34)/t22-/m1/s1. The summed E-state index contributed by atoms with van der Waals surface area (Å²) in [6, 6.07) is 22.6. The maximum absolute atomic E-state index is 13.3. The van der Waals surface area contributed by atoms with Gasteiger partial charge in [-0.3, -0.25) is 19.2 Å². The van der Waals surface area contributed by atoms with E-state index in [1.165, 1.54) is 11.8 Å². The zero-order valence-electron chi connectivity index (χ0n) is 18.9. The molecule has 2 aromatic heterocycles. The summed E-state index contributed by atoms with van der Waals surface area (Å²) in [5.41, 5.74) is 4.64. The molecule has 0 aliphatic carbocycles. The normalized spacial score (nSPS) is 11.5. The highest BCUT2D eigenvalue weighted by Gasteiger charge is 2.28. The molecule has 1 atom stereocenters. The fraction of sp³-hybridized carbons (Fsp3) is 0.115. The monoisotopic (exact) mass is 469 g/mol. The van der Waals surface area contributed by atoms with Crippen molar-refractivity contribution < 1.29 is 19.2 Å². The Morgan fingerprint density at radius 1 is 0.943 bits per heavy atom. The van der Waals surface area contributed by atoms with Gasteiger partial charge in [0.25, 0.3) is 5.91 Å². The first-order valence-electron chi connectivity index (χ1n) is 10.8. The number of benzene rings is 2. The van der Waals surface area contributed by atoms with E-state index >= 15 is 0 Å². The number of ketones is 1. The quantitative estimate of drug-likeness (QED) is 0.288. The fourth-order valence-electron chi connectivity index (χ4n) is 3.56. The van der Waals surface area contributed by atoms with Crippen LogP contribution in [0.2, 0.25) is 0 Å². The van der Waals surface area contributed by atoms with Crippen molar-refractivity contribution in [1.82, 2.24) is 25.6 Å². The van der Waals surface area contributed by atoms with Gasteiger partial charge in [-0.05, 0) is 23.8 Å². The minimum Gasteiger partial charge on any atom is -0.341 e. The molecule has 2 N–H and O–H groups in total. The summed E-state index contributed by atoms with van der Waals surface area (Å²) in [4.78, 5) is 47.1. The Kier molecular flexibility index (Phi) is 7.39. The Morgan fingerprint density at radius 3 is 2.37 bits per heavy atom.